The van der Waals surface area contributed by atoms with Crippen molar-refractivity contribution in [2.24, 2.45) is 0 Å². The summed E-state index contributed by atoms with van der Waals surface area (Å²) in [7, 11) is 0. The van der Waals surface area contributed by atoms with Gasteiger partial charge in [0.05, 0.1) is 13.7 Å². The van der Waals surface area contributed by atoms with Crippen LogP contribution in [0, 0.1) is 10.5 Å². The molecular weight excluding hydrogens is 727 g/mol. The first-order valence-electron chi connectivity index (χ1n) is 11.5. The van der Waals surface area contributed by atoms with Gasteiger partial charge < -0.3 is 4.74 Å². The van der Waals surface area contributed by atoms with Crippen molar-refractivity contribution in [2.45, 2.75) is 13.5 Å². The van der Waals surface area contributed by atoms with Crippen LogP contribution < -0.4 is 15.0 Å². The molecule has 1 aliphatic rings. The summed E-state index contributed by atoms with van der Waals surface area (Å²) < 4.78 is 8.44. The summed E-state index contributed by atoms with van der Waals surface area (Å²) in [4.78, 5) is 39.4. The van der Waals surface area contributed by atoms with Crippen molar-refractivity contribution in [2.75, 3.05) is 4.90 Å². The van der Waals surface area contributed by atoms with E-state index in [0.717, 1.165) is 29.5 Å². The van der Waals surface area contributed by atoms with E-state index in [9.17, 15) is 14.4 Å². The number of urea groups is 1. The number of hydrogen-bond donors (Lipinski definition) is 1. The maximum Gasteiger partial charge on any atom is 0.335 e. The number of carbonyl (C=O) groups is 3. The first-order valence-corrected chi connectivity index (χ1v) is 14.1. The van der Waals surface area contributed by atoms with E-state index in [4.69, 9.17) is 4.74 Å². The van der Waals surface area contributed by atoms with Crippen molar-refractivity contribution in [3.05, 3.63) is 108 Å². The highest BCUT2D eigenvalue weighted by Gasteiger charge is 2.37. The Kier molecular flexibility index (Phi) is 7.69. The predicted molar refractivity (Wildman–Crippen MR) is 163 cm³/mol. The molecule has 1 saturated heterocycles. The summed E-state index contributed by atoms with van der Waals surface area (Å²) in [6.07, 6.45) is 1.48. The number of barbiturate groups is 1. The minimum absolute atomic E-state index is 0.141. The Morgan fingerprint density at radius 1 is 0.921 bits per heavy atom. The molecule has 4 aromatic rings. The molecule has 0 spiro atoms. The number of nitrogens with one attached hydrogen (secondary N) is 1. The van der Waals surface area contributed by atoms with Crippen LogP contribution in [0.3, 0.4) is 0 Å². The molecule has 0 aromatic heterocycles. The predicted octanol–water partition coefficient (Wildman–Crippen LogP) is 7.52. The number of ether oxygens (including phenoxy) is 1. The number of fused-ring (bicyclic) bond motifs is 1. The summed E-state index contributed by atoms with van der Waals surface area (Å²) in [5, 5.41) is 4.58. The molecule has 0 aliphatic carbocycles. The van der Waals surface area contributed by atoms with Gasteiger partial charge in [-0.3, -0.25) is 14.9 Å². The first kappa shape index (κ1) is 26.6. The van der Waals surface area contributed by atoms with E-state index < -0.39 is 17.8 Å². The number of rotatable bonds is 5. The van der Waals surface area contributed by atoms with E-state index in [1.807, 2.05) is 31.2 Å². The molecule has 4 aromatic carbocycles. The Bertz CT molecular complexity index is 1640. The van der Waals surface area contributed by atoms with E-state index >= 15 is 0 Å². The molecule has 0 radical (unpaired) electrons. The summed E-state index contributed by atoms with van der Waals surface area (Å²) in [5.41, 5.74) is 2.73. The number of anilines is 1. The normalized spacial score (nSPS) is 14.8. The second-order valence-electron chi connectivity index (χ2n) is 8.68. The zero-order valence-electron chi connectivity index (χ0n) is 19.9. The summed E-state index contributed by atoms with van der Waals surface area (Å²) in [5.74, 6) is -0.779. The number of hydrogen-bond acceptors (Lipinski definition) is 4. The monoisotopic (exact) mass is 744 g/mol. The van der Waals surface area contributed by atoms with E-state index in [1.54, 1.807) is 24.3 Å². The average molecular weight is 746 g/mol. The molecule has 0 atom stereocenters. The zero-order valence-corrected chi connectivity index (χ0v) is 25.3. The third kappa shape index (κ3) is 5.41. The van der Waals surface area contributed by atoms with Crippen LogP contribution >= 0.6 is 54.5 Å². The topological polar surface area (TPSA) is 75.7 Å². The SMILES string of the molecule is Cc1cc(N2C(=O)NC(=O)/C(=C\c3cc(Br)c(OCc4ccc5ccccc5c4)c(I)c3)C2=O)ccc1Br. The quantitative estimate of drug-likeness (QED) is 0.130. The fourth-order valence-electron chi connectivity index (χ4n) is 4.11. The second kappa shape index (κ2) is 11.0. The largest absolute Gasteiger partial charge is 0.487 e. The Balaban J connectivity index is 1.40. The van der Waals surface area contributed by atoms with Gasteiger partial charge in [-0.05, 0) is 115 Å². The summed E-state index contributed by atoms with van der Waals surface area (Å²) in [6, 6.07) is 22.3. The molecule has 1 heterocycles. The third-order valence-electron chi connectivity index (χ3n) is 6.03. The van der Waals surface area contributed by atoms with Crippen molar-refractivity contribution in [1.29, 1.82) is 0 Å². The molecule has 0 bridgehead atoms. The summed E-state index contributed by atoms with van der Waals surface area (Å²) >= 11 is 9.14. The molecule has 5 rings (SSSR count). The van der Waals surface area contributed by atoms with Gasteiger partial charge >= 0.3 is 6.03 Å². The molecule has 0 unspecified atom stereocenters. The van der Waals surface area contributed by atoms with Gasteiger partial charge in [0.15, 0.2) is 0 Å². The molecule has 0 saturated carbocycles. The fraction of sp³-hybridized carbons (Fsp3) is 0.0690. The molecular formula is C29H19Br2IN2O4. The molecule has 1 N–H and O–H groups in total. The van der Waals surface area contributed by atoms with E-state index in [0.29, 0.717) is 28.1 Å². The van der Waals surface area contributed by atoms with Crippen molar-refractivity contribution in [1.82, 2.24) is 5.32 Å². The lowest BCUT2D eigenvalue weighted by Crippen LogP contribution is -2.54. The van der Waals surface area contributed by atoms with Crippen molar-refractivity contribution in [3.63, 3.8) is 0 Å². The van der Waals surface area contributed by atoms with Crippen LogP contribution in [-0.4, -0.2) is 17.8 Å². The van der Waals surface area contributed by atoms with Crippen LogP contribution in [0.5, 0.6) is 5.75 Å². The lowest BCUT2D eigenvalue weighted by atomic mass is 10.1. The second-order valence-corrected chi connectivity index (χ2v) is 11.5. The highest BCUT2D eigenvalue weighted by molar-refractivity contribution is 14.1. The molecule has 1 aliphatic heterocycles. The van der Waals surface area contributed by atoms with Gasteiger partial charge in [-0.2, -0.15) is 0 Å². The van der Waals surface area contributed by atoms with Crippen LogP contribution in [0.2, 0.25) is 0 Å². The Morgan fingerprint density at radius 2 is 1.68 bits per heavy atom. The zero-order chi connectivity index (χ0) is 27.0. The minimum Gasteiger partial charge on any atom is -0.487 e. The van der Waals surface area contributed by atoms with Gasteiger partial charge in [-0.15, -0.1) is 0 Å². The molecule has 6 nitrogen and oxygen atoms in total. The molecule has 190 valence electrons. The maximum absolute atomic E-state index is 13.3. The minimum atomic E-state index is -0.785. The Hall–Kier alpha value is -3.02. The van der Waals surface area contributed by atoms with Crippen molar-refractivity contribution < 1.29 is 19.1 Å². The van der Waals surface area contributed by atoms with E-state index in [-0.39, 0.29) is 5.57 Å². The van der Waals surface area contributed by atoms with Crippen LogP contribution in [0.15, 0.2) is 87.3 Å². The number of benzene rings is 4. The number of amides is 4. The smallest absolute Gasteiger partial charge is 0.335 e. The van der Waals surface area contributed by atoms with Crippen LogP contribution in [-0.2, 0) is 16.2 Å². The maximum atomic E-state index is 13.3. The van der Waals surface area contributed by atoms with Gasteiger partial charge in [-0.1, -0.05) is 52.3 Å². The van der Waals surface area contributed by atoms with Crippen LogP contribution in [0.25, 0.3) is 16.8 Å². The number of carbonyl (C=O) groups excluding carboxylic acids is 3. The van der Waals surface area contributed by atoms with Crippen molar-refractivity contribution in [3.8, 4) is 5.75 Å². The van der Waals surface area contributed by atoms with Crippen LogP contribution in [0.4, 0.5) is 10.5 Å². The lowest BCUT2D eigenvalue weighted by molar-refractivity contribution is -0.122. The number of aryl methyl sites for hydroxylation is 1. The highest BCUT2D eigenvalue weighted by atomic mass is 127. The van der Waals surface area contributed by atoms with Gasteiger partial charge in [0, 0.05) is 4.47 Å². The summed E-state index contributed by atoms with van der Waals surface area (Å²) in [6.45, 7) is 2.23. The number of imide groups is 2. The lowest BCUT2D eigenvalue weighted by Gasteiger charge is -2.26. The molecule has 38 heavy (non-hydrogen) atoms. The van der Waals surface area contributed by atoms with Gasteiger partial charge in [0.2, 0.25) is 0 Å². The first-order chi connectivity index (χ1) is 18.2. The Morgan fingerprint density at radius 3 is 2.42 bits per heavy atom. The van der Waals surface area contributed by atoms with Gasteiger partial charge in [-0.25, -0.2) is 9.69 Å². The number of nitrogens with zero attached hydrogens (tertiary/aromatic N) is 1. The standard InChI is InChI=1S/C29H19Br2IN2O4/c1-16-10-21(8-9-23(16)30)34-28(36)22(27(35)33-29(34)37)12-18-13-24(31)26(25(32)14-18)38-15-17-6-7-19-4-2-3-5-20(19)11-17/h2-14H,15H2,1H3,(H,33,35,37)/b22-12+. The Labute approximate surface area is 249 Å². The van der Waals surface area contributed by atoms with Crippen LogP contribution in [0.1, 0.15) is 16.7 Å². The van der Waals surface area contributed by atoms with Gasteiger partial charge in [0.1, 0.15) is 17.9 Å². The third-order valence-corrected chi connectivity index (χ3v) is 8.31. The van der Waals surface area contributed by atoms with E-state index in [1.165, 1.54) is 11.5 Å². The molecule has 9 heteroatoms. The average Bonchev–Trinajstić information content (AvgIpc) is 2.88. The molecule has 1 fully saturated rings. The van der Waals surface area contributed by atoms with E-state index in [2.05, 4.69) is 84.0 Å². The van der Waals surface area contributed by atoms with Crippen molar-refractivity contribution >= 4 is 94.8 Å². The highest BCUT2D eigenvalue weighted by Crippen LogP contribution is 2.34. The van der Waals surface area contributed by atoms with Gasteiger partial charge in [0.25, 0.3) is 11.8 Å². The number of halogens is 3. The molecule has 4 amide bonds. The fourth-order valence-corrected chi connectivity index (χ4v) is 6.13.